The minimum absolute atomic E-state index is 0.195. The van der Waals surface area contributed by atoms with Crippen molar-refractivity contribution in [3.63, 3.8) is 0 Å². The Bertz CT molecular complexity index is 460. The number of nitrogens with zero attached hydrogens (tertiary/aromatic N) is 2. The number of urea groups is 1. The zero-order valence-electron chi connectivity index (χ0n) is 11.9. The summed E-state index contributed by atoms with van der Waals surface area (Å²) in [5, 5.41) is 5.71. The standard InChI is InChI=1S/C14H21FN4O/c1-10(12-3-6-16-9-13(12)15)17-14(20)18-11-4-7-19(2)8-5-11/h3,6,9-11H,4-5,7-8H2,1-2H3,(H2,17,18,20). The van der Waals surface area contributed by atoms with Crippen LogP contribution in [0.1, 0.15) is 31.4 Å². The number of hydrogen-bond donors (Lipinski definition) is 2. The fourth-order valence-electron chi connectivity index (χ4n) is 2.39. The molecular formula is C14H21FN4O. The number of aromatic nitrogens is 1. The van der Waals surface area contributed by atoms with E-state index < -0.39 is 5.82 Å². The maximum absolute atomic E-state index is 13.6. The van der Waals surface area contributed by atoms with Crippen LogP contribution in [0.15, 0.2) is 18.5 Å². The second-order valence-electron chi connectivity index (χ2n) is 5.31. The topological polar surface area (TPSA) is 57.3 Å². The lowest BCUT2D eigenvalue weighted by Crippen LogP contribution is -2.47. The molecule has 0 aromatic carbocycles. The van der Waals surface area contributed by atoms with Crippen molar-refractivity contribution in [3.05, 3.63) is 29.8 Å². The monoisotopic (exact) mass is 280 g/mol. The summed E-state index contributed by atoms with van der Waals surface area (Å²) in [6.45, 7) is 3.73. The van der Waals surface area contributed by atoms with Gasteiger partial charge in [-0.15, -0.1) is 0 Å². The molecule has 1 saturated heterocycles. The van der Waals surface area contributed by atoms with Gasteiger partial charge in [-0.05, 0) is 46.0 Å². The Morgan fingerprint density at radius 2 is 2.20 bits per heavy atom. The molecule has 20 heavy (non-hydrogen) atoms. The van der Waals surface area contributed by atoms with Crippen LogP contribution in [0.2, 0.25) is 0 Å². The van der Waals surface area contributed by atoms with Crippen LogP contribution in [0, 0.1) is 5.82 Å². The van der Waals surface area contributed by atoms with E-state index in [4.69, 9.17) is 0 Å². The number of amides is 2. The molecule has 2 heterocycles. The lowest BCUT2D eigenvalue weighted by atomic mass is 10.1. The predicted molar refractivity (Wildman–Crippen MR) is 74.8 cm³/mol. The Balaban J connectivity index is 1.84. The number of halogens is 1. The molecule has 0 radical (unpaired) electrons. The molecule has 0 bridgehead atoms. The number of pyridine rings is 1. The summed E-state index contributed by atoms with van der Waals surface area (Å²) in [7, 11) is 2.07. The van der Waals surface area contributed by atoms with Crippen LogP contribution < -0.4 is 10.6 Å². The van der Waals surface area contributed by atoms with Crippen LogP contribution >= 0.6 is 0 Å². The molecule has 1 aliphatic rings. The van der Waals surface area contributed by atoms with Gasteiger partial charge in [-0.1, -0.05) is 0 Å². The quantitative estimate of drug-likeness (QED) is 0.885. The van der Waals surface area contributed by atoms with Crippen LogP contribution in [0.4, 0.5) is 9.18 Å². The van der Waals surface area contributed by atoms with Crippen molar-refractivity contribution in [1.29, 1.82) is 0 Å². The van der Waals surface area contributed by atoms with Crippen molar-refractivity contribution in [2.75, 3.05) is 20.1 Å². The summed E-state index contributed by atoms with van der Waals surface area (Å²) in [6.07, 6.45) is 4.57. The van der Waals surface area contributed by atoms with E-state index in [2.05, 4.69) is 27.6 Å². The summed E-state index contributed by atoms with van der Waals surface area (Å²) in [5.74, 6) is -0.403. The van der Waals surface area contributed by atoms with E-state index in [1.807, 2.05) is 0 Å². The summed E-state index contributed by atoms with van der Waals surface area (Å²) < 4.78 is 13.6. The van der Waals surface area contributed by atoms with Crippen molar-refractivity contribution >= 4 is 6.03 Å². The Labute approximate surface area is 118 Å². The molecule has 2 N–H and O–H groups in total. The van der Waals surface area contributed by atoms with E-state index in [-0.39, 0.29) is 18.1 Å². The number of piperidine rings is 1. The molecule has 6 heteroatoms. The molecule has 1 aromatic heterocycles. The third-order valence-electron chi connectivity index (χ3n) is 3.67. The molecule has 2 rings (SSSR count). The first-order valence-electron chi connectivity index (χ1n) is 6.91. The SMILES string of the molecule is CC(NC(=O)NC1CCN(C)CC1)c1ccncc1F. The molecular weight excluding hydrogens is 259 g/mol. The normalized spacial score (nSPS) is 18.6. The van der Waals surface area contributed by atoms with Gasteiger partial charge in [-0.25, -0.2) is 9.18 Å². The van der Waals surface area contributed by atoms with Crippen LogP contribution in [-0.4, -0.2) is 42.1 Å². The minimum atomic E-state index is -0.403. The Morgan fingerprint density at radius 1 is 1.50 bits per heavy atom. The zero-order chi connectivity index (χ0) is 14.5. The average Bonchev–Trinajstić information content (AvgIpc) is 2.41. The van der Waals surface area contributed by atoms with Gasteiger partial charge in [-0.2, -0.15) is 0 Å². The molecule has 1 fully saturated rings. The van der Waals surface area contributed by atoms with Gasteiger partial charge in [0.1, 0.15) is 5.82 Å². The second kappa shape index (κ2) is 6.65. The molecule has 0 spiro atoms. The summed E-state index contributed by atoms with van der Waals surface area (Å²) in [6, 6.07) is 1.14. The molecule has 0 aliphatic carbocycles. The van der Waals surface area contributed by atoms with Crippen LogP contribution in [0.3, 0.4) is 0 Å². The van der Waals surface area contributed by atoms with Crippen molar-refractivity contribution in [2.45, 2.75) is 31.8 Å². The second-order valence-corrected chi connectivity index (χ2v) is 5.31. The number of hydrogen-bond acceptors (Lipinski definition) is 3. The highest BCUT2D eigenvalue weighted by Gasteiger charge is 2.20. The highest BCUT2D eigenvalue weighted by atomic mass is 19.1. The largest absolute Gasteiger partial charge is 0.335 e. The van der Waals surface area contributed by atoms with Crippen LogP contribution in [0.25, 0.3) is 0 Å². The number of nitrogens with one attached hydrogen (secondary N) is 2. The number of rotatable bonds is 3. The first-order chi connectivity index (χ1) is 9.56. The van der Waals surface area contributed by atoms with Crippen molar-refractivity contribution in [1.82, 2.24) is 20.5 Å². The van der Waals surface area contributed by atoms with Gasteiger partial charge in [0.05, 0.1) is 12.2 Å². The van der Waals surface area contributed by atoms with Crippen molar-refractivity contribution in [2.24, 2.45) is 0 Å². The van der Waals surface area contributed by atoms with Gasteiger partial charge in [0, 0.05) is 17.8 Å². The smallest absolute Gasteiger partial charge is 0.315 e. The Kier molecular flexibility index (Phi) is 4.89. The predicted octanol–water partition coefficient (Wildman–Crippen LogP) is 1.68. The third kappa shape index (κ3) is 3.90. The Hall–Kier alpha value is -1.69. The first kappa shape index (κ1) is 14.7. The highest BCUT2D eigenvalue weighted by Crippen LogP contribution is 2.15. The molecule has 5 nitrogen and oxygen atoms in total. The van der Waals surface area contributed by atoms with Gasteiger partial charge in [-0.3, -0.25) is 4.98 Å². The van der Waals surface area contributed by atoms with Gasteiger partial charge in [0.25, 0.3) is 0 Å². The Morgan fingerprint density at radius 3 is 2.85 bits per heavy atom. The third-order valence-corrected chi connectivity index (χ3v) is 3.67. The molecule has 2 amide bonds. The fraction of sp³-hybridized carbons (Fsp3) is 0.571. The zero-order valence-corrected chi connectivity index (χ0v) is 11.9. The van der Waals surface area contributed by atoms with E-state index >= 15 is 0 Å². The van der Waals surface area contributed by atoms with Crippen LogP contribution in [0.5, 0.6) is 0 Å². The van der Waals surface area contributed by atoms with Gasteiger partial charge in [0.15, 0.2) is 0 Å². The van der Waals surface area contributed by atoms with Gasteiger partial charge in [0.2, 0.25) is 0 Å². The van der Waals surface area contributed by atoms with E-state index in [1.54, 1.807) is 13.0 Å². The van der Waals surface area contributed by atoms with Crippen molar-refractivity contribution < 1.29 is 9.18 Å². The fourth-order valence-corrected chi connectivity index (χ4v) is 2.39. The number of carbonyl (C=O) groups is 1. The van der Waals surface area contributed by atoms with Gasteiger partial charge < -0.3 is 15.5 Å². The van der Waals surface area contributed by atoms with Crippen molar-refractivity contribution in [3.8, 4) is 0 Å². The molecule has 0 saturated carbocycles. The molecule has 1 atom stereocenters. The molecule has 1 aliphatic heterocycles. The first-order valence-corrected chi connectivity index (χ1v) is 6.91. The van der Waals surface area contributed by atoms with E-state index in [0.29, 0.717) is 5.56 Å². The summed E-state index contributed by atoms with van der Waals surface area (Å²) in [5.41, 5.74) is 0.443. The highest BCUT2D eigenvalue weighted by molar-refractivity contribution is 5.74. The molecule has 110 valence electrons. The van der Waals surface area contributed by atoms with E-state index in [1.165, 1.54) is 6.20 Å². The summed E-state index contributed by atoms with van der Waals surface area (Å²) >= 11 is 0. The molecule has 1 unspecified atom stereocenters. The van der Waals surface area contributed by atoms with E-state index in [9.17, 15) is 9.18 Å². The van der Waals surface area contributed by atoms with Crippen LogP contribution in [-0.2, 0) is 0 Å². The number of carbonyl (C=O) groups excluding carboxylic acids is 1. The maximum Gasteiger partial charge on any atom is 0.315 e. The number of likely N-dealkylation sites (tertiary alicyclic amines) is 1. The van der Waals surface area contributed by atoms with E-state index in [0.717, 1.165) is 32.1 Å². The van der Waals surface area contributed by atoms with Gasteiger partial charge >= 0.3 is 6.03 Å². The summed E-state index contributed by atoms with van der Waals surface area (Å²) in [4.78, 5) is 17.9. The lowest BCUT2D eigenvalue weighted by Gasteiger charge is -2.29. The minimum Gasteiger partial charge on any atom is -0.335 e. The average molecular weight is 280 g/mol. The maximum atomic E-state index is 13.6. The molecule has 1 aromatic rings. The lowest BCUT2D eigenvalue weighted by molar-refractivity contribution is 0.212.